The molecule has 0 fully saturated rings. The summed E-state index contributed by atoms with van der Waals surface area (Å²) in [6.07, 6.45) is 0. The van der Waals surface area contributed by atoms with E-state index in [1.165, 1.54) is 0 Å². The third kappa shape index (κ3) is 320. The van der Waals surface area contributed by atoms with Crippen molar-refractivity contribution in [2.75, 3.05) is 0 Å². The average molecular weight is 236 g/mol. The molecule has 0 aromatic rings. The van der Waals surface area contributed by atoms with E-state index in [1.807, 2.05) is 0 Å². The molecule has 0 aliphatic heterocycles. The summed E-state index contributed by atoms with van der Waals surface area (Å²) in [4.78, 5) is 0. The van der Waals surface area contributed by atoms with Gasteiger partial charge in [-0.25, -0.2) is 0 Å². The number of hydrogen-bond acceptors (Lipinski definition) is 4. The molecule has 0 unspecified atom stereocenters. The quantitative estimate of drug-likeness (QED) is 0.415. The van der Waals surface area contributed by atoms with E-state index < -0.39 is 13.6 Å². The van der Waals surface area contributed by atoms with Crippen LogP contribution in [0.5, 0.6) is 0 Å². The third-order valence-corrected chi connectivity index (χ3v) is 0. The van der Waals surface area contributed by atoms with Gasteiger partial charge in [-0.15, -0.1) is 0 Å². The second-order valence-electron chi connectivity index (χ2n) is 0.408. The Hall–Kier alpha value is 0.675. The van der Waals surface area contributed by atoms with Crippen molar-refractivity contribution in [3.05, 3.63) is 0 Å². The second kappa shape index (κ2) is 4.82. The summed E-state index contributed by atoms with van der Waals surface area (Å²) >= 11 is -5.75. The molecular formula is CrNO4Pd. The summed E-state index contributed by atoms with van der Waals surface area (Å²) in [6, 6.07) is 0. The Morgan fingerprint density at radius 2 is 1.14 bits per heavy atom. The van der Waals surface area contributed by atoms with Crippen molar-refractivity contribution in [2.24, 2.45) is 0 Å². The van der Waals surface area contributed by atoms with Gasteiger partial charge < -0.3 is 0 Å². The van der Waals surface area contributed by atoms with Crippen LogP contribution in [0.2, 0.25) is 0 Å². The van der Waals surface area contributed by atoms with Crippen LogP contribution >= 0.6 is 0 Å². The zero-order chi connectivity index (χ0) is 4.50. The molecule has 7 heteroatoms. The Labute approximate surface area is 56.4 Å². The number of nitrogens with zero attached hydrogens (tertiary/aromatic N) is 1. The average Bonchev–Trinajstić information content (AvgIpc) is 0.722. The Morgan fingerprint density at radius 3 is 1.14 bits per heavy atom. The van der Waals surface area contributed by atoms with Gasteiger partial charge in [0.15, 0.2) is 0 Å². The predicted octanol–water partition coefficient (Wildman–Crippen LogP) is -3.10. The van der Waals surface area contributed by atoms with Gasteiger partial charge in [-0.2, -0.15) is 0 Å². The molecule has 45 valence electrons. The number of hydrogen-bond donors (Lipinski definition) is 0. The minimum atomic E-state index is -5.75. The monoisotopic (exact) mass is 236 g/mol. The van der Waals surface area contributed by atoms with E-state index in [2.05, 4.69) is 0 Å². The smallest absolute Gasteiger partial charge is 2.00 e. The van der Waals surface area contributed by atoms with E-state index in [9.17, 15) is 0 Å². The van der Waals surface area contributed by atoms with E-state index in [0.29, 0.717) is 0 Å². The Kier molecular flexibility index (Phi) is 10.8. The van der Waals surface area contributed by atoms with Gasteiger partial charge in [0, 0.05) is 6.15 Å². The molecule has 0 saturated heterocycles. The SMILES string of the molecule is [N].[O]=[Cr](=[O])([O-])[O-].[Pd+2]. The molecule has 0 atom stereocenters. The van der Waals surface area contributed by atoms with Gasteiger partial charge >= 0.3 is 50.0 Å². The molecule has 0 spiro atoms. The van der Waals surface area contributed by atoms with Gasteiger partial charge in [0.25, 0.3) is 0 Å². The first-order valence-corrected chi connectivity index (χ1v) is 2.75. The summed E-state index contributed by atoms with van der Waals surface area (Å²) in [5.41, 5.74) is 0. The molecule has 3 radical (unpaired) electrons. The second-order valence-corrected chi connectivity index (χ2v) is 1.68. The van der Waals surface area contributed by atoms with E-state index in [-0.39, 0.29) is 26.6 Å². The molecular weight excluding hydrogens is 236 g/mol. The fourth-order valence-electron chi connectivity index (χ4n) is 0. The van der Waals surface area contributed by atoms with Crippen molar-refractivity contribution >= 4 is 0 Å². The van der Waals surface area contributed by atoms with Crippen molar-refractivity contribution in [2.45, 2.75) is 0 Å². The normalized spacial score (nSPS) is 8.29. The maximum absolute atomic E-state index is 8.59. The first-order chi connectivity index (χ1) is 2.00. The molecule has 0 N–H and O–H groups in total. The minimum Gasteiger partial charge on any atom is 2.00 e. The van der Waals surface area contributed by atoms with Crippen LogP contribution in [0.4, 0.5) is 0 Å². The molecule has 0 amide bonds. The first-order valence-electron chi connectivity index (χ1n) is 0.667. The van der Waals surface area contributed by atoms with E-state index >= 15 is 0 Å². The summed E-state index contributed by atoms with van der Waals surface area (Å²) < 4.78 is 34.4. The summed E-state index contributed by atoms with van der Waals surface area (Å²) in [7, 11) is 0. The summed E-state index contributed by atoms with van der Waals surface area (Å²) in [5.74, 6) is 0. The van der Waals surface area contributed by atoms with Crippen molar-refractivity contribution in [3.8, 4) is 0 Å². The van der Waals surface area contributed by atoms with Gasteiger partial charge in [0.1, 0.15) is 0 Å². The third-order valence-electron chi connectivity index (χ3n) is 0. The van der Waals surface area contributed by atoms with Crippen LogP contribution in [0.3, 0.4) is 0 Å². The van der Waals surface area contributed by atoms with Crippen LogP contribution < -0.4 is 14.5 Å². The van der Waals surface area contributed by atoms with Crippen LogP contribution in [-0.2, 0) is 41.6 Å². The van der Waals surface area contributed by atoms with Crippen LogP contribution in [0, 0.1) is 0 Å². The van der Waals surface area contributed by atoms with Gasteiger partial charge in [0.05, 0.1) is 0 Å². The number of rotatable bonds is 0. The predicted molar refractivity (Wildman–Crippen MR) is 3.51 cm³/mol. The van der Waals surface area contributed by atoms with Crippen LogP contribution in [0.1, 0.15) is 0 Å². The largest absolute Gasteiger partial charge is 2.00 e. The Balaban J connectivity index is -0.0000000800. The van der Waals surface area contributed by atoms with Gasteiger partial charge in [0.2, 0.25) is 0 Å². The van der Waals surface area contributed by atoms with Crippen molar-refractivity contribution in [3.63, 3.8) is 0 Å². The van der Waals surface area contributed by atoms with E-state index in [1.54, 1.807) is 0 Å². The molecule has 0 aromatic carbocycles. The zero-order valence-electron chi connectivity index (χ0n) is 2.80. The minimum absolute atomic E-state index is 0. The van der Waals surface area contributed by atoms with Gasteiger partial charge in [-0.1, -0.05) is 0 Å². The fourth-order valence-corrected chi connectivity index (χ4v) is 0. The van der Waals surface area contributed by atoms with Crippen LogP contribution in [0.15, 0.2) is 0 Å². The van der Waals surface area contributed by atoms with E-state index in [4.69, 9.17) is 15.9 Å². The molecule has 7 heavy (non-hydrogen) atoms. The molecule has 5 nitrogen and oxygen atoms in total. The molecule has 0 aliphatic rings. The van der Waals surface area contributed by atoms with Crippen molar-refractivity contribution < 1.29 is 50.0 Å². The molecule has 0 bridgehead atoms. The molecule has 0 aliphatic carbocycles. The van der Waals surface area contributed by atoms with Crippen LogP contribution in [0.25, 0.3) is 0 Å². The van der Waals surface area contributed by atoms with E-state index in [0.717, 1.165) is 0 Å². The summed E-state index contributed by atoms with van der Waals surface area (Å²) in [5, 5.41) is 0. The van der Waals surface area contributed by atoms with Crippen LogP contribution in [-0.4, -0.2) is 0 Å². The maximum atomic E-state index is 8.59. The molecule has 0 heterocycles. The zero-order valence-corrected chi connectivity index (χ0v) is 5.63. The first kappa shape index (κ1) is 15.6. The molecule has 0 saturated carbocycles. The molecule has 0 rings (SSSR count). The van der Waals surface area contributed by atoms with Crippen molar-refractivity contribution in [1.29, 1.82) is 0 Å². The standard InChI is InChI=1S/Cr.N.4O.Pd/q;;;;2*-1;+2. The molecule has 0 aromatic heterocycles. The Morgan fingerprint density at radius 1 is 1.14 bits per heavy atom. The maximum Gasteiger partial charge on any atom is 2.00 e. The fraction of sp³-hybridized carbons (Fsp3) is 0. The van der Waals surface area contributed by atoms with Crippen molar-refractivity contribution in [1.82, 2.24) is 6.15 Å². The van der Waals surface area contributed by atoms with Gasteiger partial charge in [-0.05, 0) is 0 Å². The summed E-state index contributed by atoms with van der Waals surface area (Å²) in [6.45, 7) is 0. The van der Waals surface area contributed by atoms with Gasteiger partial charge in [-0.3, -0.25) is 0 Å². The topological polar surface area (TPSA) is 111 Å². The Bertz CT molecular complexity index is 94.9.